The van der Waals surface area contributed by atoms with Crippen molar-refractivity contribution < 1.29 is 0 Å². The van der Waals surface area contributed by atoms with Gasteiger partial charge in [0.05, 0.1) is 6.07 Å². The molecule has 1 N–H and O–H groups in total. The van der Waals surface area contributed by atoms with Crippen LogP contribution in [0.4, 0.5) is 0 Å². The van der Waals surface area contributed by atoms with Gasteiger partial charge in [0.2, 0.25) is 0 Å². The molecule has 0 bridgehead atoms. The van der Waals surface area contributed by atoms with Crippen LogP contribution in [0.3, 0.4) is 0 Å². The van der Waals surface area contributed by atoms with Crippen LogP contribution >= 0.6 is 0 Å². The first-order chi connectivity index (χ1) is 6.41. The highest BCUT2D eigenvalue weighted by molar-refractivity contribution is 4.81. The lowest BCUT2D eigenvalue weighted by atomic mass is 10.2. The highest BCUT2D eigenvalue weighted by Gasteiger charge is 1.85. The van der Waals surface area contributed by atoms with Crippen molar-refractivity contribution in [3.8, 4) is 6.07 Å². The van der Waals surface area contributed by atoms with E-state index >= 15 is 0 Å². The molecule has 74 valence electrons. The van der Waals surface area contributed by atoms with E-state index in [1.54, 1.807) is 0 Å². The third-order valence-corrected chi connectivity index (χ3v) is 1.76. The quantitative estimate of drug-likeness (QED) is 0.460. The van der Waals surface area contributed by atoms with Crippen LogP contribution in [0.25, 0.3) is 0 Å². The van der Waals surface area contributed by atoms with Crippen LogP contribution in [-0.2, 0) is 0 Å². The van der Waals surface area contributed by atoms with Crippen molar-refractivity contribution in [1.82, 2.24) is 5.32 Å². The fourth-order valence-corrected chi connectivity index (χ4v) is 1.02. The van der Waals surface area contributed by atoms with Gasteiger partial charge in [-0.2, -0.15) is 5.26 Å². The van der Waals surface area contributed by atoms with E-state index in [1.165, 1.54) is 19.3 Å². The van der Waals surface area contributed by atoms with Gasteiger partial charge in [0.1, 0.15) is 0 Å². The van der Waals surface area contributed by atoms with E-state index in [9.17, 15) is 0 Å². The first-order valence-corrected chi connectivity index (χ1v) is 5.14. The first-order valence-electron chi connectivity index (χ1n) is 5.14. The maximum Gasteiger partial charge on any atom is 0.0635 e. The SMILES string of the molecule is CCC/C=C/CCCNCCC#N. The van der Waals surface area contributed by atoms with Gasteiger partial charge in [-0.3, -0.25) is 0 Å². The summed E-state index contributed by atoms with van der Waals surface area (Å²) >= 11 is 0. The smallest absolute Gasteiger partial charge is 0.0635 e. The molecule has 0 aromatic rings. The van der Waals surface area contributed by atoms with Crippen molar-refractivity contribution in [1.29, 1.82) is 5.26 Å². The molecule has 0 unspecified atom stereocenters. The molecule has 0 aliphatic rings. The summed E-state index contributed by atoms with van der Waals surface area (Å²) in [6, 6.07) is 2.11. The third-order valence-electron chi connectivity index (χ3n) is 1.76. The van der Waals surface area contributed by atoms with Crippen LogP contribution < -0.4 is 5.32 Å². The van der Waals surface area contributed by atoms with Gasteiger partial charge in [-0.25, -0.2) is 0 Å². The molecule has 0 aliphatic carbocycles. The Kier molecular flexibility index (Phi) is 10.5. The van der Waals surface area contributed by atoms with Crippen molar-refractivity contribution in [3.05, 3.63) is 12.2 Å². The van der Waals surface area contributed by atoms with E-state index in [0.29, 0.717) is 6.42 Å². The molecule has 0 fully saturated rings. The van der Waals surface area contributed by atoms with Crippen LogP contribution in [0.5, 0.6) is 0 Å². The molecule has 0 aromatic heterocycles. The molecule has 0 heterocycles. The van der Waals surface area contributed by atoms with Crippen molar-refractivity contribution in [2.75, 3.05) is 13.1 Å². The zero-order valence-corrected chi connectivity index (χ0v) is 8.55. The number of rotatable bonds is 8. The predicted octanol–water partition coefficient (Wildman–Crippen LogP) is 2.63. The summed E-state index contributed by atoms with van der Waals surface area (Å²) in [6.45, 7) is 4.04. The molecule has 0 aromatic carbocycles. The van der Waals surface area contributed by atoms with Crippen LogP contribution in [0.15, 0.2) is 12.2 Å². The molecule has 13 heavy (non-hydrogen) atoms. The number of allylic oxidation sites excluding steroid dienone is 2. The Morgan fingerprint density at radius 1 is 1.23 bits per heavy atom. The number of nitrogens with one attached hydrogen (secondary N) is 1. The summed E-state index contributed by atoms with van der Waals surface area (Å²) < 4.78 is 0. The van der Waals surface area contributed by atoms with E-state index in [1.807, 2.05) is 0 Å². The molecule has 0 saturated carbocycles. The van der Waals surface area contributed by atoms with Crippen LogP contribution in [0.2, 0.25) is 0 Å². The fourth-order valence-electron chi connectivity index (χ4n) is 1.02. The lowest BCUT2D eigenvalue weighted by Crippen LogP contribution is -2.15. The molecule has 0 spiro atoms. The van der Waals surface area contributed by atoms with Gasteiger partial charge >= 0.3 is 0 Å². The number of nitriles is 1. The second-order valence-corrected chi connectivity index (χ2v) is 3.06. The lowest BCUT2D eigenvalue weighted by molar-refractivity contribution is 0.660. The number of hydrogen-bond donors (Lipinski definition) is 1. The number of hydrogen-bond acceptors (Lipinski definition) is 2. The molecule has 0 radical (unpaired) electrons. The zero-order chi connectivity index (χ0) is 9.78. The monoisotopic (exact) mass is 180 g/mol. The van der Waals surface area contributed by atoms with Crippen molar-refractivity contribution in [2.24, 2.45) is 0 Å². The molecule has 0 aliphatic heterocycles. The van der Waals surface area contributed by atoms with Gasteiger partial charge in [0.25, 0.3) is 0 Å². The summed E-state index contributed by atoms with van der Waals surface area (Å²) in [5, 5.41) is 11.5. The van der Waals surface area contributed by atoms with Gasteiger partial charge in [0, 0.05) is 13.0 Å². The van der Waals surface area contributed by atoms with E-state index in [4.69, 9.17) is 5.26 Å². The van der Waals surface area contributed by atoms with Gasteiger partial charge in [-0.1, -0.05) is 25.5 Å². The van der Waals surface area contributed by atoms with E-state index < -0.39 is 0 Å². The van der Waals surface area contributed by atoms with Crippen molar-refractivity contribution >= 4 is 0 Å². The summed E-state index contributed by atoms with van der Waals surface area (Å²) in [7, 11) is 0. The Hall–Kier alpha value is -0.810. The van der Waals surface area contributed by atoms with Crippen molar-refractivity contribution in [2.45, 2.75) is 39.0 Å². The van der Waals surface area contributed by atoms with Gasteiger partial charge in [-0.15, -0.1) is 0 Å². The highest BCUT2D eigenvalue weighted by atomic mass is 14.8. The normalized spacial score (nSPS) is 10.5. The van der Waals surface area contributed by atoms with Crippen LogP contribution in [0.1, 0.15) is 39.0 Å². The second kappa shape index (κ2) is 11.2. The topological polar surface area (TPSA) is 35.8 Å². The summed E-state index contributed by atoms with van der Waals surface area (Å²) in [5.41, 5.74) is 0. The molecular formula is C11H20N2. The first kappa shape index (κ1) is 12.2. The Morgan fingerprint density at radius 3 is 2.69 bits per heavy atom. The number of nitrogens with zero attached hydrogens (tertiary/aromatic N) is 1. The average molecular weight is 180 g/mol. The minimum atomic E-state index is 0.617. The Balaban J connectivity index is 2.96. The number of unbranched alkanes of at least 4 members (excludes halogenated alkanes) is 2. The van der Waals surface area contributed by atoms with E-state index in [2.05, 4.69) is 30.5 Å². The largest absolute Gasteiger partial charge is 0.316 e. The Bertz CT molecular complexity index is 156. The maximum absolute atomic E-state index is 8.26. The summed E-state index contributed by atoms with van der Waals surface area (Å²) in [4.78, 5) is 0. The Labute approximate surface area is 81.6 Å². The van der Waals surface area contributed by atoms with Gasteiger partial charge in [0.15, 0.2) is 0 Å². The van der Waals surface area contributed by atoms with Crippen LogP contribution in [0, 0.1) is 11.3 Å². The zero-order valence-electron chi connectivity index (χ0n) is 8.55. The molecule has 0 rings (SSSR count). The molecular weight excluding hydrogens is 160 g/mol. The average Bonchev–Trinajstić information content (AvgIpc) is 2.16. The molecule has 2 heteroatoms. The van der Waals surface area contributed by atoms with E-state index in [-0.39, 0.29) is 0 Å². The molecule has 0 saturated heterocycles. The lowest BCUT2D eigenvalue weighted by Gasteiger charge is -1.98. The molecule has 0 amide bonds. The standard InChI is InChI=1S/C11H20N2/c1-2-3-4-5-6-7-10-13-11-8-9-12/h4-5,13H,2-3,6-8,10-11H2,1H3/b5-4+. The predicted molar refractivity (Wildman–Crippen MR) is 56.4 cm³/mol. The molecule has 2 nitrogen and oxygen atoms in total. The molecule has 0 atom stereocenters. The third kappa shape index (κ3) is 11.2. The van der Waals surface area contributed by atoms with Gasteiger partial charge < -0.3 is 5.32 Å². The van der Waals surface area contributed by atoms with Crippen LogP contribution in [-0.4, -0.2) is 13.1 Å². The van der Waals surface area contributed by atoms with Gasteiger partial charge in [-0.05, 0) is 25.8 Å². The minimum absolute atomic E-state index is 0.617. The van der Waals surface area contributed by atoms with Crippen molar-refractivity contribution in [3.63, 3.8) is 0 Å². The Morgan fingerprint density at radius 2 is 2.00 bits per heavy atom. The summed E-state index contributed by atoms with van der Waals surface area (Å²) in [5.74, 6) is 0. The van der Waals surface area contributed by atoms with E-state index in [0.717, 1.165) is 19.5 Å². The minimum Gasteiger partial charge on any atom is -0.316 e. The highest BCUT2D eigenvalue weighted by Crippen LogP contribution is 1.93. The summed E-state index contributed by atoms with van der Waals surface area (Å²) in [6.07, 6.45) is 9.86. The second-order valence-electron chi connectivity index (χ2n) is 3.06. The fraction of sp³-hybridized carbons (Fsp3) is 0.727. The maximum atomic E-state index is 8.26.